The Hall–Kier alpha value is -0.280. The molecule has 0 spiro atoms. The van der Waals surface area contributed by atoms with Crippen molar-refractivity contribution in [3.05, 3.63) is 0 Å². The Bertz CT molecular complexity index is 223. The molecule has 0 bridgehead atoms. The van der Waals surface area contributed by atoms with Gasteiger partial charge in [0, 0.05) is 18.8 Å². The van der Waals surface area contributed by atoms with Gasteiger partial charge in [-0.15, -0.1) is 11.6 Å². The van der Waals surface area contributed by atoms with E-state index in [0.717, 1.165) is 12.8 Å². The molecule has 1 aliphatic heterocycles. The van der Waals surface area contributed by atoms with Gasteiger partial charge in [-0.1, -0.05) is 32.6 Å². The van der Waals surface area contributed by atoms with E-state index >= 15 is 0 Å². The molecule has 1 unspecified atom stereocenters. The van der Waals surface area contributed by atoms with Crippen LogP contribution < -0.4 is 0 Å². The highest BCUT2D eigenvalue weighted by Gasteiger charge is 2.25. The van der Waals surface area contributed by atoms with E-state index in [-0.39, 0.29) is 11.9 Å². The van der Waals surface area contributed by atoms with Crippen LogP contribution in [0.2, 0.25) is 0 Å². The van der Waals surface area contributed by atoms with E-state index in [1.165, 1.54) is 19.3 Å². The number of unbranched alkanes of at least 4 members (excludes halogenated alkanes) is 4. The molecule has 1 saturated heterocycles. The summed E-state index contributed by atoms with van der Waals surface area (Å²) in [6, 6.07) is 0.0774. The largest absolute Gasteiger partial charge is 0.377 e. The summed E-state index contributed by atoms with van der Waals surface area (Å²) in [5, 5.41) is 0. The first-order valence-corrected chi connectivity index (χ1v) is 7.26. The highest BCUT2D eigenvalue weighted by atomic mass is 35.5. The minimum atomic E-state index is 0.0774. The second-order valence-corrected chi connectivity index (χ2v) is 4.94. The fourth-order valence-electron chi connectivity index (χ4n) is 2.13. The highest BCUT2D eigenvalue weighted by Crippen LogP contribution is 2.13. The van der Waals surface area contributed by atoms with Crippen molar-refractivity contribution in [2.45, 2.75) is 51.5 Å². The number of amides is 1. The quantitative estimate of drug-likeness (QED) is 0.521. The highest BCUT2D eigenvalue weighted by molar-refractivity contribution is 6.18. The van der Waals surface area contributed by atoms with Gasteiger partial charge in [0.2, 0.25) is 5.91 Å². The van der Waals surface area contributed by atoms with Crippen molar-refractivity contribution in [2.75, 3.05) is 25.6 Å². The Morgan fingerprint density at radius 1 is 1.35 bits per heavy atom. The molecule has 4 heteroatoms. The number of rotatable bonds is 7. The first kappa shape index (κ1) is 14.8. The zero-order valence-corrected chi connectivity index (χ0v) is 11.5. The fraction of sp³-hybridized carbons (Fsp3) is 0.923. The molecule has 1 amide bonds. The third-order valence-electron chi connectivity index (χ3n) is 3.22. The van der Waals surface area contributed by atoms with Crippen LogP contribution in [-0.4, -0.2) is 42.5 Å². The van der Waals surface area contributed by atoms with Gasteiger partial charge in [0.15, 0.2) is 0 Å². The van der Waals surface area contributed by atoms with Gasteiger partial charge in [-0.25, -0.2) is 0 Å². The standard InChI is InChI=1S/C13H24ClNO2/c1-2-3-4-5-6-7-13(16)15-8-9-17-11-12(15)10-14/h12H,2-11H2,1H3. The number of hydrogen-bond donors (Lipinski definition) is 0. The first-order chi connectivity index (χ1) is 8.29. The topological polar surface area (TPSA) is 29.5 Å². The van der Waals surface area contributed by atoms with E-state index in [0.29, 0.717) is 32.1 Å². The Labute approximate surface area is 109 Å². The maximum Gasteiger partial charge on any atom is 0.223 e. The predicted molar refractivity (Wildman–Crippen MR) is 70.4 cm³/mol. The number of halogens is 1. The van der Waals surface area contributed by atoms with Gasteiger partial charge in [0.25, 0.3) is 0 Å². The summed E-state index contributed by atoms with van der Waals surface area (Å²) in [5.74, 6) is 0.720. The molecule has 1 fully saturated rings. The van der Waals surface area contributed by atoms with Gasteiger partial charge in [-0.05, 0) is 6.42 Å². The zero-order valence-electron chi connectivity index (χ0n) is 10.8. The monoisotopic (exact) mass is 261 g/mol. The fourth-order valence-corrected chi connectivity index (χ4v) is 2.39. The third-order valence-corrected chi connectivity index (χ3v) is 3.58. The molecule has 0 aliphatic carbocycles. The van der Waals surface area contributed by atoms with E-state index < -0.39 is 0 Å². The smallest absolute Gasteiger partial charge is 0.223 e. The minimum absolute atomic E-state index is 0.0774. The van der Waals surface area contributed by atoms with E-state index in [9.17, 15) is 4.79 Å². The van der Waals surface area contributed by atoms with E-state index in [2.05, 4.69) is 6.92 Å². The molecule has 0 radical (unpaired) electrons. The van der Waals surface area contributed by atoms with Crippen LogP contribution in [0.25, 0.3) is 0 Å². The van der Waals surface area contributed by atoms with Crippen LogP contribution >= 0.6 is 11.6 Å². The Morgan fingerprint density at radius 3 is 2.82 bits per heavy atom. The normalized spacial score (nSPS) is 20.6. The van der Waals surface area contributed by atoms with Crippen molar-refractivity contribution in [1.29, 1.82) is 0 Å². The van der Waals surface area contributed by atoms with Gasteiger partial charge in [0.05, 0.1) is 19.3 Å². The van der Waals surface area contributed by atoms with Crippen molar-refractivity contribution >= 4 is 17.5 Å². The molecule has 0 aromatic carbocycles. The number of ether oxygens (including phenoxy) is 1. The van der Waals surface area contributed by atoms with E-state index in [1.807, 2.05) is 4.90 Å². The molecule has 0 saturated carbocycles. The lowest BCUT2D eigenvalue weighted by Crippen LogP contribution is -2.49. The number of carbonyl (C=O) groups is 1. The van der Waals surface area contributed by atoms with Crippen molar-refractivity contribution in [2.24, 2.45) is 0 Å². The molecular formula is C13H24ClNO2. The number of alkyl halides is 1. The summed E-state index contributed by atoms with van der Waals surface area (Å²) in [7, 11) is 0. The first-order valence-electron chi connectivity index (χ1n) is 6.72. The predicted octanol–water partition coefficient (Wildman–Crippen LogP) is 2.81. The van der Waals surface area contributed by atoms with E-state index in [1.54, 1.807) is 0 Å². The average Bonchev–Trinajstić information content (AvgIpc) is 2.38. The van der Waals surface area contributed by atoms with Crippen LogP contribution in [0.15, 0.2) is 0 Å². The molecule has 17 heavy (non-hydrogen) atoms. The molecule has 1 heterocycles. The van der Waals surface area contributed by atoms with Gasteiger partial charge in [-0.3, -0.25) is 4.79 Å². The lowest BCUT2D eigenvalue weighted by Gasteiger charge is -2.34. The molecule has 1 rings (SSSR count). The van der Waals surface area contributed by atoms with Crippen LogP contribution in [0.3, 0.4) is 0 Å². The van der Waals surface area contributed by atoms with Crippen LogP contribution in [0.4, 0.5) is 0 Å². The third kappa shape index (κ3) is 5.26. The van der Waals surface area contributed by atoms with Gasteiger partial charge in [0.1, 0.15) is 0 Å². The number of morpholine rings is 1. The van der Waals surface area contributed by atoms with Crippen LogP contribution in [0, 0.1) is 0 Å². The maximum atomic E-state index is 12.0. The summed E-state index contributed by atoms with van der Waals surface area (Å²) in [6.07, 6.45) is 6.59. The van der Waals surface area contributed by atoms with Crippen molar-refractivity contribution < 1.29 is 9.53 Å². The zero-order chi connectivity index (χ0) is 12.5. The molecule has 0 N–H and O–H groups in total. The molecule has 100 valence electrons. The number of nitrogens with zero attached hydrogens (tertiary/aromatic N) is 1. The van der Waals surface area contributed by atoms with Gasteiger partial charge < -0.3 is 9.64 Å². The lowest BCUT2D eigenvalue weighted by molar-refractivity contribution is -0.139. The SMILES string of the molecule is CCCCCCCC(=O)N1CCOCC1CCl. The number of carbonyl (C=O) groups excluding carboxylic acids is 1. The Morgan fingerprint density at radius 2 is 2.12 bits per heavy atom. The Kier molecular flexibility index (Phi) is 7.62. The number of hydrogen-bond acceptors (Lipinski definition) is 2. The molecule has 1 atom stereocenters. The summed E-state index contributed by atoms with van der Waals surface area (Å²) < 4.78 is 5.33. The molecular weight excluding hydrogens is 238 g/mol. The van der Waals surface area contributed by atoms with E-state index in [4.69, 9.17) is 16.3 Å². The second-order valence-electron chi connectivity index (χ2n) is 4.63. The maximum absolute atomic E-state index is 12.0. The van der Waals surface area contributed by atoms with Crippen molar-refractivity contribution in [3.8, 4) is 0 Å². The summed E-state index contributed by atoms with van der Waals surface area (Å²) >= 11 is 5.85. The minimum Gasteiger partial charge on any atom is -0.377 e. The molecule has 1 aliphatic rings. The van der Waals surface area contributed by atoms with Gasteiger partial charge in [-0.2, -0.15) is 0 Å². The summed E-state index contributed by atoms with van der Waals surface area (Å²) in [6.45, 7) is 4.13. The Balaban J connectivity index is 2.20. The molecule has 3 nitrogen and oxygen atoms in total. The lowest BCUT2D eigenvalue weighted by atomic mass is 10.1. The van der Waals surface area contributed by atoms with Crippen LogP contribution in [0.5, 0.6) is 0 Å². The van der Waals surface area contributed by atoms with Crippen molar-refractivity contribution in [3.63, 3.8) is 0 Å². The van der Waals surface area contributed by atoms with Crippen LogP contribution in [0.1, 0.15) is 45.4 Å². The van der Waals surface area contributed by atoms with Crippen molar-refractivity contribution in [1.82, 2.24) is 4.90 Å². The van der Waals surface area contributed by atoms with Gasteiger partial charge >= 0.3 is 0 Å². The second kappa shape index (κ2) is 8.76. The molecule has 0 aromatic heterocycles. The summed E-state index contributed by atoms with van der Waals surface area (Å²) in [4.78, 5) is 13.9. The average molecular weight is 262 g/mol. The summed E-state index contributed by atoms with van der Waals surface area (Å²) in [5.41, 5.74) is 0. The molecule has 0 aromatic rings. The van der Waals surface area contributed by atoms with Crippen LogP contribution in [-0.2, 0) is 9.53 Å².